The summed E-state index contributed by atoms with van der Waals surface area (Å²) in [6.07, 6.45) is 81.5. The van der Waals surface area contributed by atoms with Gasteiger partial charge in [-0.3, -0.25) is 4.79 Å². The highest BCUT2D eigenvalue weighted by Gasteiger charge is 2.44. The fourth-order valence-corrected chi connectivity index (χ4v) is 11.2. The number of aliphatic hydroxyl groups excluding tert-OH is 5. The molecule has 0 aromatic rings. The van der Waals surface area contributed by atoms with Crippen molar-refractivity contribution < 1.29 is 39.8 Å². The van der Waals surface area contributed by atoms with Gasteiger partial charge in [0.1, 0.15) is 24.4 Å². The van der Waals surface area contributed by atoms with Crippen molar-refractivity contribution in [3.8, 4) is 0 Å². The van der Waals surface area contributed by atoms with Crippen molar-refractivity contribution >= 4 is 5.91 Å². The Kier molecular flexibility index (Phi) is 59.4. The van der Waals surface area contributed by atoms with Crippen LogP contribution in [0.15, 0.2) is 72.9 Å². The van der Waals surface area contributed by atoms with Gasteiger partial charge in [0.15, 0.2) is 6.29 Å². The van der Waals surface area contributed by atoms with E-state index < -0.39 is 49.5 Å². The number of rotatable bonds is 62. The lowest BCUT2D eigenvalue weighted by Gasteiger charge is -2.40. The minimum absolute atomic E-state index is 0.173. The van der Waals surface area contributed by atoms with Crippen LogP contribution in [0, 0.1) is 0 Å². The smallest absolute Gasteiger partial charge is 0.220 e. The number of ether oxygens (including phenoxy) is 2. The lowest BCUT2D eigenvalue weighted by Crippen LogP contribution is -2.60. The third-order valence-electron chi connectivity index (χ3n) is 16.8. The number of carbonyl (C=O) groups is 1. The van der Waals surface area contributed by atoms with Gasteiger partial charge in [0.2, 0.25) is 5.91 Å². The van der Waals surface area contributed by atoms with Crippen LogP contribution < -0.4 is 5.32 Å². The number of allylic oxidation sites excluding steroid dienone is 11. The van der Waals surface area contributed by atoms with Crippen molar-refractivity contribution in [1.82, 2.24) is 5.32 Å². The molecule has 0 aromatic carbocycles. The third-order valence-corrected chi connectivity index (χ3v) is 16.8. The van der Waals surface area contributed by atoms with E-state index in [1.165, 1.54) is 244 Å². The van der Waals surface area contributed by atoms with Crippen molar-refractivity contribution in [2.75, 3.05) is 13.2 Å². The number of hydrogen-bond donors (Lipinski definition) is 6. The second-order valence-corrected chi connectivity index (χ2v) is 24.7. The van der Waals surface area contributed by atoms with Crippen LogP contribution in [0.2, 0.25) is 0 Å². The monoisotopic (exact) mass is 1170 g/mol. The first-order valence-electron chi connectivity index (χ1n) is 35.7. The molecule has 0 aliphatic carbocycles. The maximum atomic E-state index is 13.1. The topological polar surface area (TPSA) is 149 Å². The molecule has 6 N–H and O–H groups in total. The number of carbonyl (C=O) groups excluding carboxylic acids is 1. The molecule has 1 aliphatic rings. The molecule has 0 bridgehead atoms. The minimum Gasteiger partial charge on any atom is -0.394 e. The van der Waals surface area contributed by atoms with E-state index in [2.05, 4.69) is 79.9 Å². The SMILES string of the molecule is CC/C=C\C/C=C\C/C=C\C/C=C\C/C=C\CCCCCCCCCCCCCCCCCCCC(=O)NC(COC1OC(CO)C(O)C(O)C1O)C(O)/C=C/CCCCCCCCCCCCCCCCCCCCCCCCCCC. The van der Waals surface area contributed by atoms with Gasteiger partial charge in [0.05, 0.1) is 25.4 Å². The molecule has 83 heavy (non-hydrogen) atoms. The van der Waals surface area contributed by atoms with Crippen LogP contribution >= 0.6 is 0 Å². The van der Waals surface area contributed by atoms with E-state index in [0.29, 0.717) is 6.42 Å². The van der Waals surface area contributed by atoms with Crippen LogP contribution in [0.5, 0.6) is 0 Å². The van der Waals surface area contributed by atoms with Gasteiger partial charge in [-0.2, -0.15) is 0 Å². The highest BCUT2D eigenvalue weighted by Crippen LogP contribution is 2.23. The Morgan fingerprint density at radius 2 is 0.747 bits per heavy atom. The Morgan fingerprint density at radius 1 is 0.422 bits per heavy atom. The molecule has 7 atom stereocenters. The third kappa shape index (κ3) is 51.4. The summed E-state index contributed by atoms with van der Waals surface area (Å²) in [5.41, 5.74) is 0. The first-order valence-corrected chi connectivity index (χ1v) is 35.7. The number of amides is 1. The predicted molar refractivity (Wildman–Crippen MR) is 355 cm³/mol. The van der Waals surface area contributed by atoms with Gasteiger partial charge in [0.25, 0.3) is 0 Å². The normalized spacial score (nSPS) is 18.7. The molecule has 484 valence electrons. The molecule has 1 saturated heterocycles. The highest BCUT2D eigenvalue weighted by molar-refractivity contribution is 5.76. The number of hydrogen-bond acceptors (Lipinski definition) is 8. The van der Waals surface area contributed by atoms with Crippen LogP contribution in [0.4, 0.5) is 0 Å². The summed E-state index contributed by atoms with van der Waals surface area (Å²) >= 11 is 0. The Labute approximate surface area is 512 Å². The molecule has 0 saturated carbocycles. The van der Waals surface area contributed by atoms with Crippen molar-refractivity contribution in [3.63, 3.8) is 0 Å². The van der Waals surface area contributed by atoms with Gasteiger partial charge in [-0.25, -0.2) is 0 Å². The molecule has 1 fully saturated rings. The molecule has 9 nitrogen and oxygen atoms in total. The predicted octanol–water partition coefficient (Wildman–Crippen LogP) is 19.5. The number of aliphatic hydroxyl groups is 5. The Balaban J connectivity index is 2.12. The van der Waals surface area contributed by atoms with Crippen LogP contribution in [-0.2, 0) is 14.3 Å². The Hall–Kier alpha value is -2.37. The molecule has 0 aromatic heterocycles. The van der Waals surface area contributed by atoms with Crippen LogP contribution in [0.25, 0.3) is 0 Å². The van der Waals surface area contributed by atoms with Gasteiger partial charge in [-0.05, 0) is 64.2 Å². The van der Waals surface area contributed by atoms with E-state index in [0.717, 1.165) is 70.6 Å². The molecule has 1 rings (SSSR count). The highest BCUT2D eigenvalue weighted by atomic mass is 16.7. The average Bonchev–Trinajstić information content (AvgIpc) is 3.61. The van der Waals surface area contributed by atoms with E-state index in [1.807, 2.05) is 6.08 Å². The standard InChI is InChI=1S/C74H135NO8/c1-3-5-7-9-11-13-15-17-19-21-23-25-27-29-31-32-33-34-35-36-38-40-42-44-46-48-50-52-54-56-58-60-62-64-70(78)75-67(66-82-74-73(81)72(80)71(79)69(65-76)83-74)68(77)63-61-59-57-55-53-51-49-47-45-43-41-39-37-30-28-26-24-22-20-18-16-14-12-10-8-6-4-2/h5,7,11,13,17,19,23,25,29,31,61,63,67-69,71-74,76-77,79-81H,3-4,6,8-10,12,14-16,18,20-22,24,26-28,30,32-60,62,64-66H2,1-2H3,(H,75,78)/b7-5-,13-11-,19-17-,25-23-,31-29-,63-61+. The second kappa shape index (κ2) is 62.7. The fraction of sp³-hybridized carbons (Fsp3) is 0.824. The second-order valence-electron chi connectivity index (χ2n) is 24.7. The quantitative estimate of drug-likeness (QED) is 0.0261. The first kappa shape index (κ1) is 78.6. The Bertz CT molecular complexity index is 1540. The van der Waals surface area contributed by atoms with Gasteiger partial charge >= 0.3 is 0 Å². The molecular formula is C74H135NO8. The number of unbranched alkanes of at least 4 members (excludes halogenated alkanes) is 42. The molecule has 0 radical (unpaired) electrons. The Morgan fingerprint density at radius 3 is 1.11 bits per heavy atom. The first-order chi connectivity index (χ1) is 40.8. The molecule has 0 spiro atoms. The van der Waals surface area contributed by atoms with Gasteiger partial charge in [-0.15, -0.1) is 0 Å². The molecule has 1 aliphatic heterocycles. The maximum absolute atomic E-state index is 13.1. The fourth-order valence-electron chi connectivity index (χ4n) is 11.2. The van der Waals surface area contributed by atoms with Crippen LogP contribution in [-0.4, -0.2) is 87.5 Å². The van der Waals surface area contributed by atoms with E-state index in [1.54, 1.807) is 6.08 Å². The van der Waals surface area contributed by atoms with Gasteiger partial charge in [-0.1, -0.05) is 337 Å². The molecule has 1 heterocycles. The molecular weight excluding hydrogens is 1030 g/mol. The van der Waals surface area contributed by atoms with Crippen LogP contribution in [0.3, 0.4) is 0 Å². The summed E-state index contributed by atoms with van der Waals surface area (Å²) in [5, 5.41) is 54.8. The average molecular weight is 1170 g/mol. The summed E-state index contributed by atoms with van der Waals surface area (Å²) in [6.45, 7) is 3.71. The van der Waals surface area contributed by atoms with Gasteiger partial charge in [0, 0.05) is 6.42 Å². The largest absolute Gasteiger partial charge is 0.394 e. The van der Waals surface area contributed by atoms with Crippen molar-refractivity contribution in [3.05, 3.63) is 72.9 Å². The van der Waals surface area contributed by atoms with E-state index >= 15 is 0 Å². The van der Waals surface area contributed by atoms with E-state index in [-0.39, 0.29) is 12.5 Å². The van der Waals surface area contributed by atoms with Crippen molar-refractivity contribution in [1.29, 1.82) is 0 Å². The molecule has 7 unspecified atom stereocenters. The number of nitrogens with one attached hydrogen (secondary N) is 1. The summed E-state index contributed by atoms with van der Waals surface area (Å²) in [7, 11) is 0. The van der Waals surface area contributed by atoms with Gasteiger partial charge < -0.3 is 40.3 Å². The van der Waals surface area contributed by atoms with E-state index in [4.69, 9.17) is 9.47 Å². The van der Waals surface area contributed by atoms with Crippen molar-refractivity contribution in [2.45, 2.75) is 378 Å². The summed E-state index contributed by atoms with van der Waals surface area (Å²) in [5.74, 6) is -0.173. The summed E-state index contributed by atoms with van der Waals surface area (Å²) in [4.78, 5) is 13.1. The summed E-state index contributed by atoms with van der Waals surface area (Å²) < 4.78 is 11.3. The lowest BCUT2D eigenvalue weighted by atomic mass is 9.99. The molecule has 1 amide bonds. The zero-order valence-corrected chi connectivity index (χ0v) is 54.2. The maximum Gasteiger partial charge on any atom is 0.220 e. The minimum atomic E-state index is -1.57. The molecule has 9 heteroatoms. The zero-order valence-electron chi connectivity index (χ0n) is 54.2. The summed E-state index contributed by atoms with van der Waals surface area (Å²) in [6, 6.07) is -0.809. The zero-order chi connectivity index (χ0) is 60.0. The van der Waals surface area contributed by atoms with Crippen LogP contribution in [0.1, 0.15) is 335 Å². The lowest BCUT2D eigenvalue weighted by molar-refractivity contribution is -0.302. The van der Waals surface area contributed by atoms with E-state index in [9.17, 15) is 30.3 Å². The van der Waals surface area contributed by atoms with Crippen molar-refractivity contribution in [2.24, 2.45) is 0 Å².